The molecule has 0 aliphatic heterocycles. The molecule has 0 saturated carbocycles. The van der Waals surface area contributed by atoms with E-state index in [1.807, 2.05) is 0 Å². The predicted octanol–water partition coefficient (Wildman–Crippen LogP) is 1.04. The van der Waals surface area contributed by atoms with Crippen molar-refractivity contribution >= 4 is 10.1 Å². The zero-order valence-corrected chi connectivity index (χ0v) is 6.65. The van der Waals surface area contributed by atoms with Gasteiger partial charge >= 0.3 is 6.18 Å². The third kappa shape index (κ3) is 9.44. The lowest BCUT2D eigenvalue weighted by Gasteiger charge is -2.03. The topological polar surface area (TPSA) is 57.2 Å². The van der Waals surface area contributed by atoms with Crippen LogP contribution in [0.1, 0.15) is 6.42 Å². The summed E-state index contributed by atoms with van der Waals surface area (Å²) < 4.78 is 63.7. The smallest absolute Gasteiger partial charge is 0.409 e. The second kappa shape index (κ2) is 3.90. The van der Waals surface area contributed by atoms with E-state index in [0.717, 1.165) is 0 Å². The van der Waals surface area contributed by atoms with Crippen molar-refractivity contribution in [3.8, 4) is 0 Å². The number of allylic oxidation sites excluding steroid dienone is 2. The van der Waals surface area contributed by atoms with Gasteiger partial charge in [0.15, 0.2) is 0 Å². The van der Waals surface area contributed by atoms with Crippen molar-refractivity contribution in [2.45, 2.75) is 12.6 Å². The van der Waals surface area contributed by atoms with Gasteiger partial charge < -0.3 is 4.55 Å². The molecule has 0 N–H and O–H groups in total. The second-order valence-corrected chi connectivity index (χ2v) is 3.52. The Labute approximate surface area is 67.6 Å². The molecule has 0 aromatic heterocycles. The molecule has 3 nitrogen and oxygen atoms in total. The molecule has 0 spiro atoms. The van der Waals surface area contributed by atoms with E-state index in [9.17, 15) is 26.1 Å². The minimum absolute atomic E-state index is 0.0990. The molecule has 0 amide bonds. The first kappa shape index (κ1) is 11.4. The number of halogens is 3. The van der Waals surface area contributed by atoms with Crippen molar-refractivity contribution in [2.24, 2.45) is 0 Å². The van der Waals surface area contributed by atoms with Gasteiger partial charge in [-0.3, -0.25) is 0 Å². The summed E-state index contributed by atoms with van der Waals surface area (Å²) in [5.74, 6) is -0.806. The standard InChI is InChI=1S/C5H7F3O3S/c6-5(7,8)3-1-2-4-12(9,10)11/h1,3H,2,4H2,(H,9,10,11)/p-1. The normalized spacial score (nSPS) is 14.0. The van der Waals surface area contributed by atoms with Crippen molar-refractivity contribution in [2.75, 3.05) is 5.75 Å². The second-order valence-electron chi connectivity index (χ2n) is 1.99. The van der Waals surface area contributed by atoms with Crippen LogP contribution in [0.3, 0.4) is 0 Å². The van der Waals surface area contributed by atoms with Gasteiger partial charge in [0.2, 0.25) is 0 Å². The van der Waals surface area contributed by atoms with Gasteiger partial charge in [-0.1, -0.05) is 6.08 Å². The highest BCUT2D eigenvalue weighted by Gasteiger charge is 2.21. The van der Waals surface area contributed by atoms with Crippen molar-refractivity contribution in [1.82, 2.24) is 0 Å². The highest BCUT2D eigenvalue weighted by molar-refractivity contribution is 7.85. The monoisotopic (exact) mass is 203 g/mol. The van der Waals surface area contributed by atoms with Crippen LogP contribution in [0, 0.1) is 0 Å². The average Bonchev–Trinajstić information content (AvgIpc) is 1.76. The molecule has 0 fully saturated rings. The van der Waals surface area contributed by atoms with E-state index < -0.39 is 28.5 Å². The van der Waals surface area contributed by atoms with Gasteiger partial charge in [0.25, 0.3) is 0 Å². The maximum atomic E-state index is 11.4. The zero-order valence-electron chi connectivity index (χ0n) is 5.84. The average molecular weight is 203 g/mol. The van der Waals surface area contributed by atoms with Gasteiger partial charge in [0, 0.05) is 11.8 Å². The number of hydrogen-bond donors (Lipinski definition) is 0. The van der Waals surface area contributed by atoms with Gasteiger partial charge in [-0.15, -0.1) is 0 Å². The van der Waals surface area contributed by atoms with E-state index >= 15 is 0 Å². The maximum absolute atomic E-state index is 11.4. The fourth-order valence-electron chi connectivity index (χ4n) is 0.429. The zero-order chi connectivity index (χ0) is 9.83. The van der Waals surface area contributed by atoms with E-state index in [1.54, 1.807) is 0 Å². The maximum Gasteiger partial charge on any atom is 0.409 e. The third-order valence-corrected chi connectivity index (χ3v) is 1.58. The van der Waals surface area contributed by atoms with Crippen molar-refractivity contribution < 1.29 is 26.1 Å². The highest BCUT2D eigenvalue weighted by atomic mass is 32.2. The molecule has 72 valence electrons. The molecule has 0 heterocycles. The Hall–Kier alpha value is -0.560. The van der Waals surface area contributed by atoms with Crippen molar-refractivity contribution in [3.63, 3.8) is 0 Å². The predicted molar refractivity (Wildman–Crippen MR) is 34.4 cm³/mol. The van der Waals surface area contributed by atoms with E-state index in [4.69, 9.17) is 0 Å². The summed E-state index contributed by atoms with van der Waals surface area (Å²) in [6.07, 6.45) is -4.36. The van der Waals surface area contributed by atoms with Gasteiger partial charge in [-0.25, -0.2) is 8.42 Å². The summed E-state index contributed by atoms with van der Waals surface area (Å²) >= 11 is 0. The molecule has 12 heavy (non-hydrogen) atoms. The molecular weight excluding hydrogens is 197 g/mol. The lowest BCUT2D eigenvalue weighted by molar-refractivity contribution is -0.0800. The summed E-state index contributed by atoms with van der Waals surface area (Å²) in [6, 6.07) is 0. The number of alkyl halides is 3. The summed E-state index contributed by atoms with van der Waals surface area (Å²) in [6.45, 7) is 0. The van der Waals surface area contributed by atoms with Gasteiger partial charge in [-0.2, -0.15) is 13.2 Å². The van der Waals surface area contributed by atoms with Crippen LogP contribution in [-0.2, 0) is 10.1 Å². The first-order valence-corrected chi connectivity index (χ1v) is 4.46. The van der Waals surface area contributed by atoms with Crippen LogP contribution in [0.25, 0.3) is 0 Å². The van der Waals surface area contributed by atoms with Gasteiger partial charge in [-0.05, 0) is 6.42 Å². The fraction of sp³-hybridized carbons (Fsp3) is 0.600. The van der Waals surface area contributed by atoms with E-state index in [0.29, 0.717) is 6.08 Å². The highest BCUT2D eigenvalue weighted by Crippen LogP contribution is 2.16. The molecular formula is C5H6F3O3S-. The van der Waals surface area contributed by atoms with Crippen LogP contribution in [0.5, 0.6) is 0 Å². The Balaban J connectivity index is 3.80. The van der Waals surface area contributed by atoms with Gasteiger partial charge in [0.1, 0.15) is 0 Å². The summed E-state index contributed by atoms with van der Waals surface area (Å²) in [4.78, 5) is 0. The molecule has 0 aromatic rings. The molecule has 0 rings (SSSR count). The Morgan fingerprint density at radius 1 is 1.33 bits per heavy atom. The Morgan fingerprint density at radius 3 is 2.17 bits per heavy atom. The molecule has 0 aliphatic carbocycles. The number of hydrogen-bond acceptors (Lipinski definition) is 3. The molecule has 0 atom stereocenters. The van der Waals surface area contributed by atoms with Crippen LogP contribution in [0.4, 0.5) is 13.2 Å². The lowest BCUT2D eigenvalue weighted by atomic mass is 10.4. The van der Waals surface area contributed by atoms with E-state index in [-0.39, 0.29) is 6.08 Å². The first-order valence-electron chi connectivity index (χ1n) is 2.89. The van der Waals surface area contributed by atoms with Crippen molar-refractivity contribution in [3.05, 3.63) is 12.2 Å². The SMILES string of the molecule is O=S(=O)([O-])CCC=CC(F)(F)F. The lowest BCUT2D eigenvalue weighted by Crippen LogP contribution is -2.04. The summed E-state index contributed by atoms with van der Waals surface area (Å²) in [7, 11) is -4.41. The fourth-order valence-corrected chi connectivity index (χ4v) is 0.854. The molecule has 0 radical (unpaired) electrons. The molecule has 7 heteroatoms. The van der Waals surface area contributed by atoms with Crippen LogP contribution >= 0.6 is 0 Å². The van der Waals surface area contributed by atoms with Crippen LogP contribution < -0.4 is 0 Å². The first-order chi connectivity index (χ1) is 5.21. The molecule has 0 aliphatic rings. The largest absolute Gasteiger partial charge is 0.748 e. The molecule has 0 unspecified atom stereocenters. The molecule has 0 aromatic carbocycles. The van der Waals surface area contributed by atoms with E-state index in [1.165, 1.54) is 0 Å². The quantitative estimate of drug-likeness (QED) is 0.508. The van der Waals surface area contributed by atoms with Crippen LogP contribution in [-0.4, -0.2) is 24.9 Å². The third-order valence-electron chi connectivity index (χ3n) is 0.841. The van der Waals surface area contributed by atoms with Gasteiger partial charge in [0.05, 0.1) is 10.1 Å². The molecule has 0 saturated heterocycles. The Kier molecular flexibility index (Phi) is 3.72. The summed E-state index contributed by atoms with van der Waals surface area (Å²) in [5, 5.41) is 0. The molecule has 0 bridgehead atoms. The Morgan fingerprint density at radius 2 is 1.83 bits per heavy atom. The minimum Gasteiger partial charge on any atom is -0.748 e. The summed E-state index contributed by atoms with van der Waals surface area (Å²) in [5.41, 5.74) is 0. The van der Waals surface area contributed by atoms with Crippen LogP contribution in [0.2, 0.25) is 0 Å². The minimum atomic E-state index is -4.45. The van der Waals surface area contributed by atoms with E-state index in [2.05, 4.69) is 0 Å². The van der Waals surface area contributed by atoms with Crippen molar-refractivity contribution in [1.29, 1.82) is 0 Å². The number of rotatable bonds is 3. The van der Waals surface area contributed by atoms with Crippen LogP contribution in [0.15, 0.2) is 12.2 Å². The Bertz CT molecular complexity index is 252.